The highest BCUT2D eigenvalue weighted by Gasteiger charge is 2.21. The highest BCUT2D eigenvalue weighted by molar-refractivity contribution is 9.09. The quantitative estimate of drug-likeness (QED) is 0.514. The fourth-order valence-electron chi connectivity index (χ4n) is 2.37. The van der Waals surface area contributed by atoms with Gasteiger partial charge in [-0.15, -0.1) is 0 Å². The molecule has 0 aliphatic carbocycles. The fourth-order valence-corrected chi connectivity index (χ4v) is 3.02. The van der Waals surface area contributed by atoms with Crippen molar-refractivity contribution >= 4 is 21.8 Å². The molecule has 2 nitrogen and oxygen atoms in total. The van der Waals surface area contributed by atoms with Gasteiger partial charge in [-0.25, -0.2) is 0 Å². The lowest BCUT2D eigenvalue weighted by Crippen LogP contribution is -2.38. The molecule has 0 radical (unpaired) electrons. The number of amides is 1. The summed E-state index contributed by atoms with van der Waals surface area (Å²) < 4.78 is 0. The van der Waals surface area contributed by atoms with E-state index in [1.807, 2.05) is 0 Å². The first-order valence-electron chi connectivity index (χ1n) is 7.11. The zero-order valence-electron chi connectivity index (χ0n) is 11.1. The highest BCUT2D eigenvalue weighted by atomic mass is 79.9. The maximum atomic E-state index is 11.9. The van der Waals surface area contributed by atoms with E-state index < -0.39 is 0 Å². The van der Waals surface area contributed by atoms with E-state index in [1.54, 1.807) is 0 Å². The van der Waals surface area contributed by atoms with Crippen molar-refractivity contribution in [1.29, 1.82) is 0 Å². The molecule has 17 heavy (non-hydrogen) atoms. The van der Waals surface area contributed by atoms with Gasteiger partial charge in [0.05, 0.1) is 0 Å². The Morgan fingerprint density at radius 3 is 2.41 bits per heavy atom. The van der Waals surface area contributed by atoms with Crippen molar-refractivity contribution in [3.05, 3.63) is 0 Å². The summed E-state index contributed by atoms with van der Waals surface area (Å²) in [6.45, 7) is 4.17. The predicted molar refractivity (Wildman–Crippen MR) is 76.5 cm³/mol. The van der Waals surface area contributed by atoms with Crippen LogP contribution in [0.15, 0.2) is 0 Å². The molecule has 0 saturated carbocycles. The summed E-state index contributed by atoms with van der Waals surface area (Å²) in [6.07, 6.45) is 9.28. The van der Waals surface area contributed by atoms with Crippen molar-refractivity contribution in [2.45, 2.75) is 58.3 Å². The monoisotopic (exact) mass is 303 g/mol. The van der Waals surface area contributed by atoms with E-state index in [0.717, 1.165) is 37.2 Å². The molecule has 1 aliphatic rings. The summed E-state index contributed by atoms with van der Waals surface area (Å²) in [5.41, 5.74) is 0. The van der Waals surface area contributed by atoms with Crippen LogP contribution in [0.2, 0.25) is 0 Å². The van der Waals surface area contributed by atoms with Gasteiger partial charge < -0.3 is 4.90 Å². The summed E-state index contributed by atoms with van der Waals surface area (Å²) in [5.74, 6) is 1.16. The first-order chi connectivity index (χ1) is 8.27. The van der Waals surface area contributed by atoms with Crippen molar-refractivity contribution in [1.82, 2.24) is 4.90 Å². The Bertz CT molecular complexity index is 212. The van der Waals surface area contributed by atoms with Crippen LogP contribution in [0.1, 0.15) is 58.3 Å². The first kappa shape index (κ1) is 15.0. The van der Waals surface area contributed by atoms with Gasteiger partial charge in [0.2, 0.25) is 5.91 Å². The number of carbonyl (C=O) groups is 1. The standard InChI is InChI=1S/C14H26BrNO/c1-2-3-4-5-6-7-14(17)16-10-8-13(12-15)9-11-16/h13H,2-12H2,1H3. The van der Waals surface area contributed by atoms with E-state index >= 15 is 0 Å². The van der Waals surface area contributed by atoms with Crippen molar-refractivity contribution in [3.63, 3.8) is 0 Å². The second-order valence-corrected chi connectivity index (χ2v) is 5.79. The van der Waals surface area contributed by atoms with Crippen molar-refractivity contribution < 1.29 is 4.79 Å². The zero-order valence-corrected chi connectivity index (χ0v) is 12.7. The van der Waals surface area contributed by atoms with Gasteiger partial charge in [-0.1, -0.05) is 48.5 Å². The molecule has 1 rings (SSSR count). The number of halogens is 1. The molecule has 1 fully saturated rings. The third-order valence-corrected chi connectivity index (χ3v) is 4.60. The van der Waals surface area contributed by atoms with E-state index in [2.05, 4.69) is 27.8 Å². The van der Waals surface area contributed by atoms with Gasteiger partial charge in [0, 0.05) is 24.8 Å². The molecule has 0 unspecified atom stereocenters. The minimum Gasteiger partial charge on any atom is -0.343 e. The third-order valence-electron chi connectivity index (χ3n) is 3.68. The van der Waals surface area contributed by atoms with Gasteiger partial charge in [0.15, 0.2) is 0 Å². The summed E-state index contributed by atoms with van der Waals surface area (Å²) in [4.78, 5) is 14.0. The number of hydrogen-bond acceptors (Lipinski definition) is 1. The summed E-state index contributed by atoms with van der Waals surface area (Å²) in [5, 5.41) is 1.09. The minimum atomic E-state index is 0.384. The van der Waals surface area contributed by atoms with Gasteiger partial charge in [-0.2, -0.15) is 0 Å². The lowest BCUT2D eigenvalue weighted by atomic mass is 9.98. The average Bonchev–Trinajstić information content (AvgIpc) is 2.38. The summed E-state index contributed by atoms with van der Waals surface area (Å²) >= 11 is 3.53. The Hall–Kier alpha value is -0.0500. The molecule has 1 heterocycles. The topological polar surface area (TPSA) is 20.3 Å². The van der Waals surface area contributed by atoms with E-state index in [0.29, 0.717) is 5.91 Å². The Balaban J connectivity index is 2.08. The second kappa shape index (κ2) is 8.96. The maximum Gasteiger partial charge on any atom is 0.222 e. The van der Waals surface area contributed by atoms with Gasteiger partial charge in [-0.05, 0) is 25.2 Å². The smallest absolute Gasteiger partial charge is 0.222 e. The molecule has 0 bridgehead atoms. The molecule has 1 saturated heterocycles. The van der Waals surface area contributed by atoms with Crippen molar-refractivity contribution in [2.75, 3.05) is 18.4 Å². The van der Waals surface area contributed by atoms with Crippen LogP contribution in [0.4, 0.5) is 0 Å². The molecule has 0 aromatic rings. The van der Waals surface area contributed by atoms with Crippen LogP contribution < -0.4 is 0 Å². The number of nitrogens with zero attached hydrogens (tertiary/aromatic N) is 1. The van der Waals surface area contributed by atoms with Crippen LogP contribution >= 0.6 is 15.9 Å². The minimum absolute atomic E-state index is 0.384. The normalized spacial score (nSPS) is 17.4. The Morgan fingerprint density at radius 2 is 1.82 bits per heavy atom. The molecule has 1 amide bonds. The second-order valence-electron chi connectivity index (χ2n) is 5.14. The van der Waals surface area contributed by atoms with Crippen molar-refractivity contribution in [3.8, 4) is 0 Å². The summed E-state index contributed by atoms with van der Waals surface area (Å²) in [6, 6.07) is 0. The van der Waals surface area contributed by atoms with Crippen LogP contribution in [-0.4, -0.2) is 29.2 Å². The van der Waals surface area contributed by atoms with Gasteiger partial charge in [0.1, 0.15) is 0 Å². The third kappa shape index (κ3) is 5.89. The van der Waals surface area contributed by atoms with Gasteiger partial charge in [0.25, 0.3) is 0 Å². The summed E-state index contributed by atoms with van der Waals surface area (Å²) in [7, 11) is 0. The number of piperidine rings is 1. The van der Waals surface area contributed by atoms with Gasteiger partial charge in [-0.3, -0.25) is 4.79 Å². The van der Waals surface area contributed by atoms with E-state index in [1.165, 1.54) is 38.5 Å². The SMILES string of the molecule is CCCCCCCC(=O)N1CCC(CBr)CC1. The molecular formula is C14H26BrNO. The zero-order chi connectivity index (χ0) is 12.5. The fraction of sp³-hybridized carbons (Fsp3) is 0.929. The molecule has 0 spiro atoms. The van der Waals surface area contributed by atoms with Crippen LogP contribution in [0.3, 0.4) is 0 Å². The number of alkyl halides is 1. The molecule has 0 aromatic carbocycles. The molecule has 1 aliphatic heterocycles. The largest absolute Gasteiger partial charge is 0.343 e. The number of hydrogen-bond donors (Lipinski definition) is 0. The van der Waals surface area contributed by atoms with Gasteiger partial charge >= 0.3 is 0 Å². The van der Waals surface area contributed by atoms with Crippen LogP contribution in [0.25, 0.3) is 0 Å². The Morgan fingerprint density at radius 1 is 1.18 bits per heavy atom. The molecular weight excluding hydrogens is 278 g/mol. The lowest BCUT2D eigenvalue weighted by molar-refractivity contribution is -0.132. The van der Waals surface area contributed by atoms with E-state index in [9.17, 15) is 4.79 Å². The lowest BCUT2D eigenvalue weighted by Gasteiger charge is -2.31. The number of likely N-dealkylation sites (tertiary alicyclic amines) is 1. The molecule has 3 heteroatoms. The maximum absolute atomic E-state index is 11.9. The van der Waals surface area contributed by atoms with E-state index in [-0.39, 0.29) is 0 Å². The number of unbranched alkanes of at least 4 members (excludes halogenated alkanes) is 4. The highest BCUT2D eigenvalue weighted by Crippen LogP contribution is 2.20. The van der Waals surface area contributed by atoms with Crippen LogP contribution in [0.5, 0.6) is 0 Å². The number of carbonyl (C=O) groups excluding carboxylic acids is 1. The Kier molecular flexibility index (Phi) is 7.91. The molecule has 0 aromatic heterocycles. The Labute approximate surface area is 114 Å². The first-order valence-corrected chi connectivity index (χ1v) is 8.23. The molecule has 0 N–H and O–H groups in total. The average molecular weight is 304 g/mol. The molecule has 100 valence electrons. The van der Waals surface area contributed by atoms with Crippen LogP contribution in [-0.2, 0) is 4.79 Å². The van der Waals surface area contributed by atoms with Crippen LogP contribution in [0, 0.1) is 5.92 Å². The van der Waals surface area contributed by atoms with Crippen molar-refractivity contribution in [2.24, 2.45) is 5.92 Å². The predicted octanol–water partition coefficient (Wildman–Crippen LogP) is 3.98. The van der Waals surface area contributed by atoms with E-state index in [4.69, 9.17) is 0 Å². The molecule has 0 atom stereocenters. The number of rotatable bonds is 7.